The number of hydrogen-bond acceptors (Lipinski definition) is 3. The van der Waals surface area contributed by atoms with Crippen molar-refractivity contribution in [2.24, 2.45) is 5.73 Å². The van der Waals surface area contributed by atoms with E-state index in [-0.39, 0.29) is 24.5 Å². The van der Waals surface area contributed by atoms with Gasteiger partial charge in [-0.1, -0.05) is 6.07 Å². The summed E-state index contributed by atoms with van der Waals surface area (Å²) in [7, 11) is -3.46. The maximum absolute atomic E-state index is 13.7. The number of benzene rings is 1. The minimum atomic E-state index is -3.46. The van der Waals surface area contributed by atoms with Crippen molar-refractivity contribution >= 4 is 15.7 Å². The number of nitrogens with zero attached hydrogens (tertiary/aromatic N) is 1. The van der Waals surface area contributed by atoms with Gasteiger partial charge in [0.1, 0.15) is 5.82 Å². The van der Waals surface area contributed by atoms with Crippen LogP contribution in [0.25, 0.3) is 0 Å². The summed E-state index contributed by atoms with van der Waals surface area (Å²) >= 11 is 0. The van der Waals surface area contributed by atoms with Gasteiger partial charge in [0.25, 0.3) is 0 Å². The van der Waals surface area contributed by atoms with E-state index in [9.17, 15) is 12.8 Å². The Morgan fingerprint density at radius 3 is 2.47 bits per heavy atom. The summed E-state index contributed by atoms with van der Waals surface area (Å²) in [5, 5.41) is 0. The Morgan fingerprint density at radius 2 is 2.00 bits per heavy atom. The molecular weight excluding hydrogens is 243 g/mol. The molecule has 0 saturated carbocycles. The molecule has 0 aliphatic heterocycles. The summed E-state index contributed by atoms with van der Waals surface area (Å²) in [5.74, 6) is -0.617. The van der Waals surface area contributed by atoms with Crippen molar-refractivity contribution in [3.05, 3.63) is 29.6 Å². The van der Waals surface area contributed by atoms with Gasteiger partial charge in [0, 0.05) is 13.1 Å². The first-order valence-corrected chi connectivity index (χ1v) is 7.06. The van der Waals surface area contributed by atoms with Crippen molar-refractivity contribution in [3.63, 3.8) is 0 Å². The van der Waals surface area contributed by atoms with Gasteiger partial charge in [0.15, 0.2) is 0 Å². The molecule has 2 N–H and O–H groups in total. The third kappa shape index (κ3) is 2.95. The van der Waals surface area contributed by atoms with E-state index >= 15 is 0 Å². The van der Waals surface area contributed by atoms with Crippen molar-refractivity contribution in [2.75, 3.05) is 16.6 Å². The van der Waals surface area contributed by atoms with Gasteiger partial charge in [-0.3, -0.25) is 4.31 Å². The van der Waals surface area contributed by atoms with Crippen LogP contribution in [0.2, 0.25) is 0 Å². The highest BCUT2D eigenvalue weighted by Crippen LogP contribution is 2.23. The average molecular weight is 260 g/mol. The van der Waals surface area contributed by atoms with Crippen molar-refractivity contribution in [3.8, 4) is 0 Å². The van der Waals surface area contributed by atoms with Crippen LogP contribution in [-0.4, -0.2) is 20.7 Å². The van der Waals surface area contributed by atoms with Crippen LogP contribution in [0.1, 0.15) is 19.4 Å². The molecule has 0 aromatic heterocycles. The number of halogens is 1. The summed E-state index contributed by atoms with van der Waals surface area (Å²) in [6.07, 6.45) is 0. The lowest BCUT2D eigenvalue weighted by Crippen LogP contribution is -2.32. The Kier molecular flexibility index (Phi) is 4.47. The molecule has 1 aromatic rings. The normalized spacial score (nSPS) is 11.5. The van der Waals surface area contributed by atoms with E-state index < -0.39 is 15.8 Å². The average Bonchev–Trinajstić information content (AvgIpc) is 2.32. The van der Waals surface area contributed by atoms with Crippen LogP contribution in [0.3, 0.4) is 0 Å². The Labute approximate surface area is 101 Å². The maximum Gasteiger partial charge on any atom is 0.234 e. The second-order valence-corrected chi connectivity index (χ2v) is 5.74. The largest absolute Gasteiger partial charge is 0.326 e. The molecule has 6 heteroatoms. The molecule has 4 nitrogen and oxygen atoms in total. The van der Waals surface area contributed by atoms with E-state index in [1.54, 1.807) is 13.0 Å². The van der Waals surface area contributed by atoms with Crippen LogP contribution in [0.5, 0.6) is 0 Å². The molecule has 0 radical (unpaired) electrons. The zero-order valence-electron chi connectivity index (χ0n) is 9.98. The fraction of sp³-hybridized carbons (Fsp3) is 0.455. The molecule has 0 unspecified atom stereocenters. The molecule has 0 atom stereocenters. The zero-order chi connectivity index (χ0) is 13.1. The van der Waals surface area contributed by atoms with E-state index in [0.717, 1.165) is 4.31 Å². The predicted molar refractivity (Wildman–Crippen MR) is 66.8 cm³/mol. The Bertz CT molecular complexity index is 488. The standard InChI is InChI=1S/C11H17FN2O2S/c1-3-14(17(15,16)4-2)11-7-9(8-13)5-6-10(11)12/h5-7H,3-4,8,13H2,1-2H3. The topological polar surface area (TPSA) is 63.4 Å². The van der Waals surface area contributed by atoms with E-state index in [0.29, 0.717) is 5.56 Å². The SMILES string of the molecule is CCN(c1cc(CN)ccc1F)S(=O)(=O)CC. The Morgan fingerprint density at radius 1 is 1.35 bits per heavy atom. The molecule has 0 spiro atoms. The van der Waals surface area contributed by atoms with Gasteiger partial charge in [0.2, 0.25) is 10.0 Å². The molecule has 0 aliphatic rings. The third-order valence-corrected chi connectivity index (χ3v) is 4.36. The molecular formula is C11H17FN2O2S. The van der Waals surface area contributed by atoms with Crippen LogP contribution < -0.4 is 10.0 Å². The number of anilines is 1. The summed E-state index contributed by atoms with van der Waals surface area (Å²) in [5.41, 5.74) is 6.23. The number of sulfonamides is 1. The highest BCUT2D eigenvalue weighted by atomic mass is 32.2. The second kappa shape index (κ2) is 5.46. The van der Waals surface area contributed by atoms with Gasteiger partial charge in [-0.15, -0.1) is 0 Å². The first-order valence-electron chi connectivity index (χ1n) is 5.45. The molecule has 0 bridgehead atoms. The lowest BCUT2D eigenvalue weighted by Gasteiger charge is -2.23. The van der Waals surface area contributed by atoms with Crippen molar-refractivity contribution in [1.29, 1.82) is 0 Å². The van der Waals surface area contributed by atoms with E-state index in [2.05, 4.69) is 0 Å². The van der Waals surface area contributed by atoms with E-state index in [4.69, 9.17) is 5.73 Å². The molecule has 0 heterocycles. The maximum atomic E-state index is 13.7. The summed E-state index contributed by atoms with van der Waals surface area (Å²) < 4.78 is 38.4. The quantitative estimate of drug-likeness (QED) is 0.871. The van der Waals surface area contributed by atoms with Gasteiger partial charge in [-0.25, -0.2) is 12.8 Å². The molecule has 0 fully saturated rings. The monoisotopic (exact) mass is 260 g/mol. The first-order chi connectivity index (χ1) is 7.96. The van der Waals surface area contributed by atoms with Crippen LogP contribution in [0.4, 0.5) is 10.1 Å². The van der Waals surface area contributed by atoms with Crippen LogP contribution in [-0.2, 0) is 16.6 Å². The second-order valence-electron chi connectivity index (χ2n) is 3.56. The van der Waals surface area contributed by atoms with Crippen LogP contribution >= 0.6 is 0 Å². The van der Waals surface area contributed by atoms with Crippen LogP contribution in [0.15, 0.2) is 18.2 Å². The van der Waals surface area contributed by atoms with Crippen LogP contribution in [0, 0.1) is 5.82 Å². The van der Waals surface area contributed by atoms with Gasteiger partial charge < -0.3 is 5.73 Å². The summed E-state index contributed by atoms with van der Waals surface area (Å²) in [6.45, 7) is 3.64. The molecule has 0 amide bonds. The fourth-order valence-electron chi connectivity index (χ4n) is 1.55. The highest BCUT2D eigenvalue weighted by molar-refractivity contribution is 7.92. The summed E-state index contributed by atoms with van der Waals surface area (Å²) in [4.78, 5) is 0. The minimum Gasteiger partial charge on any atom is -0.326 e. The molecule has 1 rings (SSSR count). The molecule has 17 heavy (non-hydrogen) atoms. The van der Waals surface area contributed by atoms with Crippen molar-refractivity contribution in [2.45, 2.75) is 20.4 Å². The predicted octanol–water partition coefficient (Wildman–Crippen LogP) is 1.46. The first kappa shape index (κ1) is 13.9. The Hall–Kier alpha value is -1.14. The van der Waals surface area contributed by atoms with Gasteiger partial charge in [0.05, 0.1) is 11.4 Å². The third-order valence-electron chi connectivity index (χ3n) is 2.50. The fourth-order valence-corrected chi connectivity index (χ4v) is 2.69. The van der Waals surface area contributed by atoms with Gasteiger partial charge in [-0.05, 0) is 31.5 Å². The number of rotatable bonds is 5. The van der Waals surface area contributed by atoms with E-state index in [1.807, 2.05) is 0 Å². The molecule has 96 valence electrons. The van der Waals surface area contributed by atoms with Crippen molar-refractivity contribution in [1.82, 2.24) is 0 Å². The molecule has 1 aromatic carbocycles. The Balaban J connectivity index is 3.29. The number of nitrogens with two attached hydrogens (primary N) is 1. The molecule has 0 aliphatic carbocycles. The van der Waals surface area contributed by atoms with Crippen molar-refractivity contribution < 1.29 is 12.8 Å². The summed E-state index contributed by atoms with van der Waals surface area (Å²) in [6, 6.07) is 4.27. The minimum absolute atomic E-state index is 0.0624. The van der Waals surface area contributed by atoms with E-state index in [1.165, 1.54) is 19.1 Å². The lowest BCUT2D eigenvalue weighted by molar-refractivity contribution is 0.587. The highest BCUT2D eigenvalue weighted by Gasteiger charge is 2.21. The lowest BCUT2D eigenvalue weighted by atomic mass is 10.2. The van der Waals surface area contributed by atoms with Gasteiger partial charge >= 0.3 is 0 Å². The van der Waals surface area contributed by atoms with Gasteiger partial charge in [-0.2, -0.15) is 0 Å². The zero-order valence-corrected chi connectivity index (χ0v) is 10.8. The number of hydrogen-bond donors (Lipinski definition) is 1. The molecule has 0 saturated heterocycles. The smallest absolute Gasteiger partial charge is 0.234 e.